The molecule has 110 valence electrons. The van der Waals surface area contributed by atoms with Gasteiger partial charge in [0.25, 0.3) is 0 Å². The van der Waals surface area contributed by atoms with Crippen LogP contribution in [0.4, 0.5) is 0 Å². The molecule has 0 fully saturated rings. The molecule has 0 bridgehead atoms. The SMILES string of the molecule is NC1CC=CC=C1c1cccc2oc(C3C=CC=CC3)nc12. The number of nitrogens with zero attached hydrogens (tertiary/aromatic N) is 1. The molecule has 0 amide bonds. The molecule has 0 spiro atoms. The normalized spacial score (nSPS) is 24.0. The smallest absolute Gasteiger partial charge is 0.202 e. The Balaban J connectivity index is 1.81. The van der Waals surface area contributed by atoms with Crippen LogP contribution in [-0.2, 0) is 0 Å². The van der Waals surface area contributed by atoms with Gasteiger partial charge in [-0.05, 0) is 24.5 Å². The molecular weight excluding hydrogens is 272 g/mol. The van der Waals surface area contributed by atoms with Crippen LogP contribution in [0.2, 0.25) is 0 Å². The maximum Gasteiger partial charge on any atom is 0.202 e. The molecule has 0 saturated heterocycles. The van der Waals surface area contributed by atoms with Crippen LogP contribution in [0.25, 0.3) is 16.7 Å². The van der Waals surface area contributed by atoms with Crippen molar-refractivity contribution in [2.24, 2.45) is 5.73 Å². The van der Waals surface area contributed by atoms with Crippen LogP contribution < -0.4 is 5.73 Å². The Bertz CT molecular complexity index is 823. The first-order valence-electron chi connectivity index (χ1n) is 7.68. The van der Waals surface area contributed by atoms with E-state index in [1.165, 1.54) is 0 Å². The van der Waals surface area contributed by atoms with Gasteiger partial charge in [-0.3, -0.25) is 0 Å². The van der Waals surface area contributed by atoms with Crippen molar-refractivity contribution in [2.45, 2.75) is 24.8 Å². The highest BCUT2D eigenvalue weighted by molar-refractivity contribution is 5.90. The molecule has 2 aliphatic rings. The van der Waals surface area contributed by atoms with Gasteiger partial charge >= 0.3 is 0 Å². The maximum atomic E-state index is 6.25. The standard InChI is InChI=1S/C19H18N2O/c20-16-11-5-4-9-14(16)15-10-6-12-17-18(15)21-19(22-17)13-7-2-1-3-8-13/h1-7,9-10,12-13,16H,8,11,20H2. The summed E-state index contributed by atoms with van der Waals surface area (Å²) in [5.41, 5.74) is 10.2. The first-order chi connectivity index (χ1) is 10.8. The van der Waals surface area contributed by atoms with E-state index in [1.54, 1.807) is 0 Å². The van der Waals surface area contributed by atoms with E-state index in [9.17, 15) is 0 Å². The third kappa shape index (κ3) is 2.24. The number of fused-ring (bicyclic) bond motifs is 1. The van der Waals surface area contributed by atoms with Gasteiger partial charge in [-0.15, -0.1) is 0 Å². The van der Waals surface area contributed by atoms with Crippen molar-refractivity contribution in [3.8, 4) is 0 Å². The fourth-order valence-electron chi connectivity index (χ4n) is 3.06. The van der Waals surface area contributed by atoms with Crippen LogP contribution in [-0.4, -0.2) is 11.0 Å². The predicted molar refractivity (Wildman–Crippen MR) is 89.4 cm³/mol. The molecule has 3 nitrogen and oxygen atoms in total. The highest BCUT2D eigenvalue weighted by atomic mass is 16.3. The van der Waals surface area contributed by atoms with Crippen molar-refractivity contribution in [2.75, 3.05) is 0 Å². The zero-order chi connectivity index (χ0) is 14.9. The van der Waals surface area contributed by atoms with Gasteiger partial charge in [-0.25, -0.2) is 4.98 Å². The second kappa shape index (κ2) is 5.43. The van der Waals surface area contributed by atoms with Crippen molar-refractivity contribution in [1.29, 1.82) is 0 Å². The topological polar surface area (TPSA) is 52.0 Å². The van der Waals surface area contributed by atoms with Crippen molar-refractivity contribution < 1.29 is 4.42 Å². The van der Waals surface area contributed by atoms with Crippen LogP contribution in [0.5, 0.6) is 0 Å². The largest absolute Gasteiger partial charge is 0.440 e. The first kappa shape index (κ1) is 13.3. The lowest BCUT2D eigenvalue weighted by atomic mass is 9.92. The number of aromatic nitrogens is 1. The second-order valence-electron chi connectivity index (χ2n) is 5.75. The average molecular weight is 290 g/mol. The maximum absolute atomic E-state index is 6.25. The van der Waals surface area contributed by atoms with E-state index in [1.807, 2.05) is 18.2 Å². The number of rotatable bonds is 2. The van der Waals surface area contributed by atoms with E-state index < -0.39 is 0 Å². The molecule has 2 aromatic rings. The molecule has 1 aromatic heterocycles. The minimum atomic E-state index is 0.0215. The van der Waals surface area contributed by atoms with Crippen LogP contribution in [0.3, 0.4) is 0 Å². The van der Waals surface area contributed by atoms with Gasteiger partial charge < -0.3 is 10.2 Å². The van der Waals surface area contributed by atoms with E-state index in [0.29, 0.717) is 0 Å². The molecule has 2 atom stereocenters. The van der Waals surface area contributed by atoms with E-state index in [0.717, 1.165) is 41.0 Å². The van der Waals surface area contributed by atoms with Gasteiger partial charge in [-0.2, -0.15) is 0 Å². The molecule has 2 aliphatic carbocycles. The van der Waals surface area contributed by atoms with Crippen LogP contribution in [0, 0.1) is 0 Å². The van der Waals surface area contributed by atoms with Gasteiger partial charge in [0.05, 0.1) is 5.92 Å². The molecule has 3 heteroatoms. The average Bonchev–Trinajstić information content (AvgIpc) is 3.00. The number of allylic oxidation sites excluding steroid dienone is 6. The summed E-state index contributed by atoms with van der Waals surface area (Å²) < 4.78 is 5.99. The van der Waals surface area contributed by atoms with Gasteiger partial charge in [0.1, 0.15) is 5.52 Å². The lowest BCUT2D eigenvalue weighted by molar-refractivity contribution is 0.505. The summed E-state index contributed by atoms with van der Waals surface area (Å²) in [6.45, 7) is 0. The molecule has 2 N–H and O–H groups in total. The van der Waals surface area contributed by atoms with Gasteiger partial charge in [0, 0.05) is 11.6 Å². The van der Waals surface area contributed by atoms with Crippen LogP contribution >= 0.6 is 0 Å². The summed E-state index contributed by atoms with van der Waals surface area (Å²) in [7, 11) is 0. The fraction of sp³-hybridized carbons (Fsp3) is 0.211. The lowest BCUT2D eigenvalue weighted by Gasteiger charge is -2.17. The lowest BCUT2D eigenvalue weighted by Crippen LogP contribution is -2.22. The highest BCUT2D eigenvalue weighted by Crippen LogP contribution is 2.32. The predicted octanol–water partition coefficient (Wildman–Crippen LogP) is 4.10. The summed E-state index contributed by atoms with van der Waals surface area (Å²) >= 11 is 0. The Kier molecular flexibility index (Phi) is 3.28. The quantitative estimate of drug-likeness (QED) is 0.906. The monoisotopic (exact) mass is 290 g/mol. The summed E-state index contributed by atoms with van der Waals surface area (Å²) in [4.78, 5) is 4.77. The van der Waals surface area contributed by atoms with E-state index in [-0.39, 0.29) is 12.0 Å². The Morgan fingerprint density at radius 3 is 2.82 bits per heavy atom. The zero-order valence-electron chi connectivity index (χ0n) is 12.3. The molecular formula is C19H18N2O. The Labute approximate surface area is 129 Å². The number of para-hydroxylation sites is 1. The summed E-state index contributed by atoms with van der Waals surface area (Å²) in [6.07, 6.45) is 16.4. The van der Waals surface area contributed by atoms with E-state index in [2.05, 4.69) is 42.5 Å². The van der Waals surface area contributed by atoms with Crippen molar-refractivity contribution in [3.63, 3.8) is 0 Å². The molecule has 1 aromatic carbocycles. The number of hydrogen-bond donors (Lipinski definition) is 1. The summed E-state index contributed by atoms with van der Waals surface area (Å²) in [5.74, 6) is 1.00. The third-order valence-corrected chi connectivity index (χ3v) is 4.25. The van der Waals surface area contributed by atoms with Crippen LogP contribution in [0.1, 0.15) is 30.2 Å². The van der Waals surface area contributed by atoms with E-state index >= 15 is 0 Å². The molecule has 4 rings (SSSR count). The fourth-order valence-corrected chi connectivity index (χ4v) is 3.06. The zero-order valence-corrected chi connectivity index (χ0v) is 12.3. The number of oxazole rings is 1. The molecule has 0 radical (unpaired) electrons. The molecule has 2 unspecified atom stereocenters. The van der Waals surface area contributed by atoms with Gasteiger partial charge in [0.2, 0.25) is 5.89 Å². The summed E-state index contributed by atoms with van der Waals surface area (Å²) in [6, 6.07) is 6.08. The molecule has 22 heavy (non-hydrogen) atoms. The van der Waals surface area contributed by atoms with E-state index in [4.69, 9.17) is 15.1 Å². The Morgan fingerprint density at radius 1 is 1.09 bits per heavy atom. The third-order valence-electron chi connectivity index (χ3n) is 4.25. The first-order valence-corrected chi connectivity index (χ1v) is 7.68. The minimum absolute atomic E-state index is 0.0215. The van der Waals surface area contributed by atoms with Crippen LogP contribution in [0.15, 0.2) is 65.1 Å². The highest BCUT2D eigenvalue weighted by Gasteiger charge is 2.20. The summed E-state index contributed by atoms with van der Waals surface area (Å²) in [5, 5.41) is 0. The Hall–Kier alpha value is -2.39. The van der Waals surface area contributed by atoms with Crippen molar-refractivity contribution in [1.82, 2.24) is 4.98 Å². The number of benzene rings is 1. The van der Waals surface area contributed by atoms with Gasteiger partial charge in [-0.1, -0.05) is 54.7 Å². The molecule has 1 heterocycles. The minimum Gasteiger partial charge on any atom is -0.440 e. The Morgan fingerprint density at radius 2 is 2.00 bits per heavy atom. The molecule has 0 aliphatic heterocycles. The van der Waals surface area contributed by atoms with Crippen molar-refractivity contribution >= 4 is 16.7 Å². The second-order valence-corrected chi connectivity index (χ2v) is 5.75. The number of nitrogens with two attached hydrogens (primary N) is 1. The number of hydrogen-bond acceptors (Lipinski definition) is 3. The molecule has 0 saturated carbocycles. The van der Waals surface area contributed by atoms with Gasteiger partial charge in [0.15, 0.2) is 5.58 Å². The van der Waals surface area contributed by atoms with Crippen molar-refractivity contribution in [3.05, 3.63) is 72.2 Å².